The Labute approximate surface area is 152 Å². The number of nitrogens with one attached hydrogen (secondary N) is 1. The van der Waals surface area contributed by atoms with Gasteiger partial charge in [0.2, 0.25) is 23.6 Å². The van der Waals surface area contributed by atoms with Crippen LogP contribution in [-0.4, -0.2) is 70.4 Å². The molecule has 0 bridgehead atoms. The van der Waals surface area contributed by atoms with Crippen LogP contribution >= 0.6 is 0 Å². The number of ketones is 1. The Bertz CT molecular complexity index is 635. The Balaban J connectivity index is 2.02. The molecular weight excluding hydrogens is 340 g/mol. The van der Waals surface area contributed by atoms with E-state index in [1.807, 2.05) is 0 Å². The van der Waals surface area contributed by atoms with Gasteiger partial charge in [-0.3, -0.25) is 24.0 Å². The Morgan fingerprint density at radius 3 is 2.46 bits per heavy atom. The molecule has 2 saturated heterocycles. The van der Waals surface area contributed by atoms with Crippen molar-refractivity contribution in [3.63, 3.8) is 0 Å². The van der Waals surface area contributed by atoms with Crippen LogP contribution in [0.5, 0.6) is 0 Å². The van der Waals surface area contributed by atoms with Gasteiger partial charge >= 0.3 is 0 Å². The van der Waals surface area contributed by atoms with Crippen LogP contribution in [0, 0.1) is 5.92 Å². The summed E-state index contributed by atoms with van der Waals surface area (Å²) in [7, 11) is 0. The molecule has 0 spiro atoms. The second kappa shape index (κ2) is 7.84. The third-order valence-electron chi connectivity index (χ3n) is 5.09. The number of hydrogen-bond acceptors (Lipinski definition) is 5. The zero-order valence-corrected chi connectivity index (χ0v) is 15.4. The molecule has 0 aromatic rings. The van der Waals surface area contributed by atoms with Crippen molar-refractivity contribution in [2.75, 3.05) is 13.1 Å². The van der Waals surface area contributed by atoms with Crippen molar-refractivity contribution in [2.24, 2.45) is 11.7 Å². The highest BCUT2D eigenvalue weighted by atomic mass is 16.2. The molecule has 4 unspecified atom stereocenters. The van der Waals surface area contributed by atoms with E-state index in [1.165, 1.54) is 16.7 Å². The van der Waals surface area contributed by atoms with Crippen molar-refractivity contribution in [1.29, 1.82) is 0 Å². The monoisotopic (exact) mass is 366 g/mol. The molecule has 0 aromatic carbocycles. The van der Waals surface area contributed by atoms with Crippen molar-refractivity contribution in [3.05, 3.63) is 0 Å². The van der Waals surface area contributed by atoms with E-state index in [0.717, 1.165) is 0 Å². The SMILES string of the molecule is CC(=O)NC(C)C(=O)N1CC(=O)C2C1CCN2C(=O)CCC(C)C(N)=O. The third kappa shape index (κ3) is 4.03. The van der Waals surface area contributed by atoms with Crippen LogP contribution in [0.1, 0.15) is 40.0 Å². The average Bonchev–Trinajstić information content (AvgIpc) is 3.12. The number of fused-ring (bicyclic) bond motifs is 1. The molecule has 4 amide bonds. The summed E-state index contributed by atoms with van der Waals surface area (Å²) in [5.74, 6) is -1.89. The fourth-order valence-electron chi connectivity index (χ4n) is 3.63. The molecule has 0 radical (unpaired) electrons. The first-order chi connectivity index (χ1) is 12.1. The summed E-state index contributed by atoms with van der Waals surface area (Å²) in [5, 5.41) is 2.53. The second-order valence-corrected chi connectivity index (χ2v) is 7.08. The maximum atomic E-state index is 12.5. The highest BCUT2D eigenvalue weighted by molar-refractivity contribution is 5.99. The lowest BCUT2D eigenvalue weighted by Gasteiger charge is -2.26. The van der Waals surface area contributed by atoms with Gasteiger partial charge in [0.25, 0.3) is 0 Å². The molecule has 2 fully saturated rings. The Hall–Kier alpha value is -2.45. The number of rotatable bonds is 6. The zero-order chi connectivity index (χ0) is 19.6. The van der Waals surface area contributed by atoms with Crippen LogP contribution in [0.2, 0.25) is 0 Å². The predicted octanol–water partition coefficient (Wildman–Crippen LogP) is -1.21. The summed E-state index contributed by atoms with van der Waals surface area (Å²) in [6.45, 7) is 4.89. The van der Waals surface area contributed by atoms with Gasteiger partial charge in [-0.05, 0) is 19.8 Å². The first-order valence-electron chi connectivity index (χ1n) is 8.82. The van der Waals surface area contributed by atoms with Crippen LogP contribution in [-0.2, 0) is 24.0 Å². The molecule has 26 heavy (non-hydrogen) atoms. The van der Waals surface area contributed by atoms with E-state index in [1.54, 1.807) is 13.8 Å². The summed E-state index contributed by atoms with van der Waals surface area (Å²) < 4.78 is 0. The molecule has 144 valence electrons. The van der Waals surface area contributed by atoms with Crippen molar-refractivity contribution >= 4 is 29.4 Å². The van der Waals surface area contributed by atoms with E-state index >= 15 is 0 Å². The van der Waals surface area contributed by atoms with Crippen LogP contribution in [0.4, 0.5) is 0 Å². The number of carbonyl (C=O) groups excluding carboxylic acids is 5. The fourth-order valence-corrected chi connectivity index (χ4v) is 3.63. The molecule has 0 aliphatic carbocycles. The number of primary amides is 1. The molecular formula is C17H26N4O5. The van der Waals surface area contributed by atoms with Crippen molar-refractivity contribution in [1.82, 2.24) is 15.1 Å². The quantitative estimate of drug-likeness (QED) is 0.609. The molecule has 0 aromatic heterocycles. The van der Waals surface area contributed by atoms with Gasteiger partial charge in [0.05, 0.1) is 12.6 Å². The number of hydrogen-bond donors (Lipinski definition) is 2. The van der Waals surface area contributed by atoms with E-state index in [4.69, 9.17) is 5.73 Å². The lowest BCUT2D eigenvalue weighted by atomic mass is 10.0. The number of nitrogens with two attached hydrogens (primary N) is 1. The van der Waals surface area contributed by atoms with Crippen molar-refractivity contribution in [3.8, 4) is 0 Å². The van der Waals surface area contributed by atoms with E-state index in [0.29, 0.717) is 19.4 Å². The Morgan fingerprint density at radius 1 is 1.23 bits per heavy atom. The van der Waals surface area contributed by atoms with Gasteiger partial charge < -0.3 is 20.9 Å². The minimum absolute atomic E-state index is 0.0560. The molecule has 2 heterocycles. The van der Waals surface area contributed by atoms with E-state index in [-0.39, 0.29) is 42.5 Å². The highest BCUT2D eigenvalue weighted by Gasteiger charge is 2.51. The third-order valence-corrected chi connectivity index (χ3v) is 5.09. The molecule has 3 N–H and O–H groups in total. The number of likely N-dealkylation sites (tertiary alicyclic amines) is 2. The first kappa shape index (κ1) is 19.9. The van der Waals surface area contributed by atoms with Crippen LogP contribution < -0.4 is 11.1 Å². The summed E-state index contributed by atoms with van der Waals surface area (Å²) in [5.41, 5.74) is 5.21. The molecule has 9 heteroatoms. The molecule has 0 saturated carbocycles. The molecule has 2 aliphatic rings. The van der Waals surface area contributed by atoms with E-state index in [2.05, 4.69) is 5.32 Å². The zero-order valence-electron chi connectivity index (χ0n) is 15.4. The predicted molar refractivity (Wildman–Crippen MR) is 91.5 cm³/mol. The summed E-state index contributed by atoms with van der Waals surface area (Å²) in [6.07, 6.45) is 0.987. The maximum Gasteiger partial charge on any atom is 0.245 e. The van der Waals surface area contributed by atoms with Gasteiger partial charge in [-0.25, -0.2) is 0 Å². The average molecular weight is 366 g/mol. The lowest BCUT2D eigenvalue weighted by molar-refractivity contribution is -0.137. The van der Waals surface area contributed by atoms with Gasteiger partial charge in [0, 0.05) is 25.8 Å². The highest BCUT2D eigenvalue weighted by Crippen LogP contribution is 2.31. The fraction of sp³-hybridized carbons (Fsp3) is 0.706. The maximum absolute atomic E-state index is 12.5. The first-order valence-corrected chi connectivity index (χ1v) is 8.82. The van der Waals surface area contributed by atoms with E-state index in [9.17, 15) is 24.0 Å². The van der Waals surface area contributed by atoms with Gasteiger partial charge in [-0.15, -0.1) is 0 Å². The molecule has 9 nitrogen and oxygen atoms in total. The van der Waals surface area contributed by atoms with E-state index < -0.39 is 23.9 Å². The second-order valence-electron chi connectivity index (χ2n) is 7.08. The van der Waals surface area contributed by atoms with Crippen molar-refractivity contribution in [2.45, 2.75) is 58.2 Å². The Morgan fingerprint density at radius 2 is 1.88 bits per heavy atom. The lowest BCUT2D eigenvalue weighted by Crippen LogP contribution is -2.49. The number of carbonyl (C=O) groups is 5. The van der Waals surface area contributed by atoms with Gasteiger partial charge in [0.1, 0.15) is 12.1 Å². The van der Waals surface area contributed by atoms with Crippen LogP contribution in [0.25, 0.3) is 0 Å². The minimum atomic E-state index is -0.722. The number of amides is 4. The minimum Gasteiger partial charge on any atom is -0.369 e. The topological polar surface area (TPSA) is 130 Å². The van der Waals surface area contributed by atoms with Gasteiger partial charge in [0.15, 0.2) is 5.78 Å². The summed E-state index contributed by atoms with van der Waals surface area (Å²) in [6, 6.07) is -1.72. The van der Waals surface area contributed by atoms with Gasteiger partial charge in [-0.2, -0.15) is 0 Å². The largest absolute Gasteiger partial charge is 0.369 e. The van der Waals surface area contributed by atoms with Crippen LogP contribution in [0.15, 0.2) is 0 Å². The van der Waals surface area contributed by atoms with Crippen molar-refractivity contribution < 1.29 is 24.0 Å². The van der Waals surface area contributed by atoms with Gasteiger partial charge in [-0.1, -0.05) is 6.92 Å². The number of nitrogens with zero attached hydrogens (tertiary/aromatic N) is 2. The number of Topliss-reactive ketones (excluding diaryl/α,β-unsaturated/α-hetero) is 1. The molecule has 2 rings (SSSR count). The molecule has 4 atom stereocenters. The Kier molecular flexibility index (Phi) is 5.99. The normalized spacial score (nSPS) is 24.2. The summed E-state index contributed by atoms with van der Waals surface area (Å²) >= 11 is 0. The standard InChI is InChI=1S/C17H26N4O5/c1-9(16(18)25)4-5-14(24)20-7-6-12-15(20)13(23)8-21(12)17(26)10(2)19-11(3)22/h9-10,12,15H,4-8H2,1-3H3,(H2,18,25)(H,19,22). The molecule has 2 aliphatic heterocycles. The smallest absolute Gasteiger partial charge is 0.245 e. The van der Waals surface area contributed by atoms with Crippen LogP contribution in [0.3, 0.4) is 0 Å². The summed E-state index contributed by atoms with van der Waals surface area (Å²) in [4.78, 5) is 62.7.